The van der Waals surface area contributed by atoms with Crippen molar-refractivity contribution in [2.45, 2.75) is 28.7 Å². The van der Waals surface area contributed by atoms with Gasteiger partial charge in [0, 0.05) is 5.69 Å². The lowest BCUT2D eigenvalue weighted by Crippen LogP contribution is -2.04. The Morgan fingerprint density at radius 2 is 1.96 bits per heavy atom. The van der Waals surface area contributed by atoms with Gasteiger partial charge in [0.25, 0.3) is 0 Å². The van der Waals surface area contributed by atoms with Crippen LogP contribution in [0.15, 0.2) is 45.1 Å². The molecule has 3 rings (SSSR count). The molecule has 0 bridgehead atoms. The van der Waals surface area contributed by atoms with Gasteiger partial charge in [-0.1, -0.05) is 23.7 Å². The summed E-state index contributed by atoms with van der Waals surface area (Å²) in [5, 5.41) is 5.00. The lowest BCUT2D eigenvalue weighted by Gasteiger charge is -2.06. The number of benzene rings is 1. The number of aromatic nitrogens is 3. The van der Waals surface area contributed by atoms with Crippen LogP contribution in [0.2, 0.25) is 5.15 Å². The molecule has 0 atom stereocenters. The quantitative estimate of drug-likeness (QED) is 0.523. The second kappa shape index (κ2) is 5.81. The van der Waals surface area contributed by atoms with E-state index in [2.05, 4.69) is 10.1 Å². The summed E-state index contributed by atoms with van der Waals surface area (Å²) in [7, 11) is -3.75. The Kier molecular flexibility index (Phi) is 4.12. The highest BCUT2D eigenvalue weighted by atomic mass is 35.5. The van der Waals surface area contributed by atoms with Crippen molar-refractivity contribution in [2.75, 3.05) is 6.26 Å². The number of sulfone groups is 1. The highest BCUT2D eigenvalue weighted by Crippen LogP contribution is 2.33. The summed E-state index contributed by atoms with van der Waals surface area (Å²) in [5.74, 6) is 0. The minimum Gasteiger partial charge on any atom is -0.233 e. The molecule has 0 amide bonds. The molecule has 2 heterocycles. The van der Waals surface area contributed by atoms with E-state index in [-0.39, 0.29) is 15.4 Å². The van der Waals surface area contributed by atoms with Crippen LogP contribution in [0.3, 0.4) is 0 Å². The third-order valence-electron chi connectivity index (χ3n) is 3.36. The molecule has 0 radical (unpaired) electrons. The van der Waals surface area contributed by atoms with E-state index in [4.69, 9.17) is 11.6 Å². The summed E-state index contributed by atoms with van der Waals surface area (Å²) in [6, 6.07) is 8.44. The predicted molar refractivity (Wildman–Crippen MR) is 91.1 cm³/mol. The maximum Gasteiger partial charge on any atom is 0.213 e. The summed E-state index contributed by atoms with van der Waals surface area (Å²) < 4.78 is 27.6. The first-order valence-corrected chi connectivity index (χ1v) is 9.85. The zero-order valence-electron chi connectivity index (χ0n) is 12.7. The molecule has 120 valence electrons. The molecule has 3 aromatic rings. The molecule has 23 heavy (non-hydrogen) atoms. The van der Waals surface area contributed by atoms with Gasteiger partial charge in [-0.05, 0) is 43.9 Å². The monoisotopic (exact) mass is 367 g/mol. The van der Waals surface area contributed by atoms with Gasteiger partial charge in [-0.3, -0.25) is 0 Å². The van der Waals surface area contributed by atoms with Gasteiger partial charge in [-0.25, -0.2) is 17.9 Å². The zero-order chi connectivity index (χ0) is 16.8. The molecular weight excluding hydrogens is 354 g/mol. The first-order valence-electron chi connectivity index (χ1n) is 6.76. The van der Waals surface area contributed by atoms with Crippen LogP contribution in [-0.2, 0) is 9.84 Å². The normalized spacial score (nSPS) is 12.0. The van der Waals surface area contributed by atoms with E-state index < -0.39 is 9.84 Å². The van der Waals surface area contributed by atoms with Crippen molar-refractivity contribution in [3.8, 4) is 0 Å². The first-order chi connectivity index (χ1) is 10.8. The highest BCUT2D eigenvalue weighted by Gasteiger charge is 2.29. The summed E-state index contributed by atoms with van der Waals surface area (Å²) in [5.41, 5.74) is 1.76. The minimum atomic E-state index is -3.75. The van der Waals surface area contributed by atoms with Crippen molar-refractivity contribution in [3.05, 3.63) is 46.7 Å². The molecule has 2 aromatic heterocycles. The fourth-order valence-corrected chi connectivity index (χ4v) is 5.10. The van der Waals surface area contributed by atoms with Gasteiger partial charge in [0.15, 0.2) is 10.5 Å². The van der Waals surface area contributed by atoms with Gasteiger partial charge in [0.1, 0.15) is 10.2 Å². The number of fused-ring (bicyclic) bond motifs is 1. The third-order valence-corrected chi connectivity index (χ3v) is 6.22. The molecule has 0 aliphatic heterocycles. The Hall–Kier alpha value is -1.57. The molecule has 0 saturated carbocycles. The van der Waals surface area contributed by atoms with Crippen LogP contribution in [0.5, 0.6) is 0 Å². The Balaban J connectivity index is 2.39. The number of halogens is 1. The van der Waals surface area contributed by atoms with Gasteiger partial charge in [0.05, 0.1) is 4.90 Å². The van der Waals surface area contributed by atoms with Gasteiger partial charge in [-0.2, -0.15) is 5.10 Å². The number of rotatable bonds is 3. The molecule has 0 aliphatic carbocycles. The number of hydrogen-bond donors (Lipinski definition) is 0. The lowest BCUT2D eigenvalue weighted by molar-refractivity contribution is 0.594. The van der Waals surface area contributed by atoms with Crippen molar-refractivity contribution in [3.63, 3.8) is 0 Å². The fraction of sp³-hybridized carbons (Fsp3) is 0.200. The number of aryl methyl sites for hydroxylation is 2. The van der Waals surface area contributed by atoms with Crippen LogP contribution in [0.1, 0.15) is 11.3 Å². The molecule has 5 nitrogen and oxygen atoms in total. The highest BCUT2D eigenvalue weighted by molar-refractivity contribution is 7.99. The second-order valence-corrected chi connectivity index (χ2v) is 8.18. The van der Waals surface area contributed by atoms with E-state index in [1.54, 1.807) is 37.4 Å². The third kappa shape index (κ3) is 2.73. The molecule has 0 N–H and O–H groups in total. The van der Waals surface area contributed by atoms with Crippen LogP contribution in [0.25, 0.3) is 5.65 Å². The molecular formula is C15H14ClN3O2S2. The van der Waals surface area contributed by atoms with Gasteiger partial charge < -0.3 is 0 Å². The van der Waals surface area contributed by atoms with Crippen LogP contribution >= 0.6 is 23.4 Å². The molecule has 0 saturated heterocycles. The Morgan fingerprint density at radius 3 is 2.61 bits per heavy atom. The van der Waals surface area contributed by atoms with Crippen molar-refractivity contribution in [1.82, 2.24) is 14.6 Å². The van der Waals surface area contributed by atoms with E-state index in [9.17, 15) is 8.42 Å². The maximum atomic E-state index is 13.1. The van der Waals surface area contributed by atoms with Crippen molar-refractivity contribution < 1.29 is 8.42 Å². The van der Waals surface area contributed by atoms with Crippen LogP contribution in [0.4, 0.5) is 0 Å². The largest absolute Gasteiger partial charge is 0.233 e. The Bertz CT molecular complexity index is 1010. The topological polar surface area (TPSA) is 64.3 Å². The SMILES string of the molecule is CSc1nn2c(Cl)cc(C)nc2c1S(=O)(=O)c1cccc(C)c1. The van der Waals surface area contributed by atoms with E-state index in [1.165, 1.54) is 16.3 Å². The van der Waals surface area contributed by atoms with E-state index in [0.29, 0.717) is 15.9 Å². The zero-order valence-corrected chi connectivity index (χ0v) is 15.1. The Morgan fingerprint density at radius 1 is 1.22 bits per heavy atom. The smallest absolute Gasteiger partial charge is 0.213 e. The molecule has 1 aromatic carbocycles. The summed E-state index contributed by atoms with van der Waals surface area (Å²) in [4.78, 5) is 4.67. The van der Waals surface area contributed by atoms with Gasteiger partial charge >= 0.3 is 0 Å². The summed E-state index contributed by atoms with van der Waals surface area (Å²) in [6.45, 7) is 3.62. The lowest BCUT2D eigenvalue weighted by atomic mass is 10.2. The number of nitrogens with zero attached hydrogens (tertiary/aromatic N) is 3. The number of hydrogen-bond acceptors (Lipinski definition) is 5. The fourth-order valence-electron chi connectivity index (χ4n) is 2.32. The van der Waals surface area contributed by atoms with Crippen molar-refractivity contribution in [2.24, 2.45) is 0 Å². The van der Waals surface area contributed by atoms with Crippen LogP contribution < -0.4 is 0 Å². The van der Waals surface area contributed by atoms with Crippen LogP contribution in [-0.4, -0.2) is 29.3 Å². The Labute approximate surface area is 143 Å². The standard InChI is InChI=1S/C15H14ClN3O2S2/c1-9-5-4-6-11(7-9)23(20,21)13-14-17-10(2)8-12(16)19(14)18-15(13)22-3/h4-8H,1-3H3. The van der Waals surface area contributed by atoms with Crippen molar-refractivity contribution >= 4 is 38.8 Å². The molecule has 0 unspecified atom stereocenters. The van der Waals surface area contributed by atoms with E-state index in [0.717, 1.165) is 5.56 Å². The summed E-state index contributed by atoms with van der Waals surface area (Å²) >= 11 is 7.43. The van der Waals surface area contributed by atoms with E-state index >= 15 is 0 Å². The average molecular weight is 368 g/mol. The first kappa shape index (κ1) is 16.3. The van der Waals surface area contributed by atoms with Crippen LogP contribution in [0, 0.1) is 13.8 Å². The predicted octanol–water partition coefficient (Wildman–Crippen LogP) is 3.55. The molecule has 0 aliphatic rings. The van der Waals surface area contributed by atoms with E-state index in [1.807, 2.05) is 13.0 Å². The molecule has 8 heteroatoms. The van der Waals surface area contributed by atoms with Crippen molar-refractivity contribution in [1.29, 1.82) is 0 Å². The van der Waals surface area contributed by atoms with Gasteiger partial charge in [0.2, 0.25) is 9.84 Å². The molecule has 0 fully saturated rings. The maximum absolute atomic E-state index is 13.1. The molecule has 0 spiro atoms. The number of thioether (sulfide) groups is 1. The average Bonchev–Trinajstić information content (AvgIpc) is 2.86. The van der Waals surface area contributed by atoms with Gasteiger partial charge in [-0.15, -0.1) is 11.8 Å². The summed E-state index contributed by atoms with van der Waals surface area (Å²) in [6.07, 6.45) is 1.78. The second-order valence-electron chi connectivity index (χ2n) is 5.11. The minimum absolute atomic E-state index is 0.0983.